The van der Waals surface area contributed by atoms with Gasteiger partial charge in [-0.1, -0.05) is 68.3 Å². The van der Waals surface area contributed by atoms with Crippen molar-refractivity contribution in [3.8, 4) is 34.1 Å². The van der Waals surface area contributed by atoms with Gasteiger partial charge < -0.3 is 25.8 Å². The molecule has 246 valence electrons. The minimum Gasteiger partial charge on any atom is -0.508 e. The first-order chi connectivity index (χ1) is 22.8. The second kappa shape index (κ2) is 16.3. The van der Waals surface area contributed by atoms with E-state index in [0.29, 0.717) is 31.4 Å². The number of hydrogen-bond donors (Lipinski definition) is 5. The third-order valence-corrected chi connectivity index (χ3v) is 8.80. The van der Waals surface area contributed by atoms with Gasteiger partial charge in [0.1, 0.15) is 11.5 Å². The van der Waals surface area contributed by atoms with Crippen LogP contribution in [0.1, 0.15) is 78.6 Å². The van der Waals surface area contributed by atoms with E-state index in [2.05, 4.69) is 30.4 Å². The highest BCUT2D eigenvalue weighted by Gasteiger charge is 2.19. The Hall–Kier alpha value is -4.59. The van der Waals surface area contributed by atoms with E-state index in [-0.39, 0.29) is 35.8 Å². The van der Waals surface area contributed by atoms with Crippen LogP contribution in [0.5, 0.6) is 23.0 Å². The molecule has 47 heavy (non-hydrogen) atoms. The molecule has 0 unspecified atom stereocenters. The number of nitrogens with two attached hydrogens (primary N) is 1. The van der Waals surface area contributed by atoms with E-state index in [1.807, 2.05) is 30.3 Å². The molecule has 1 aliphatic rings. The predicted octanol–water partition coefficient (Wildman–Crippen LogP) is 7.42. The molecule has 0 amide bonds. The highest BCUT2D eigenvalue weighted by Crippen LogP contribution is 2.37. The van der Waals surface area contributed by atoms with Gasteiger partial charge in [-0.15, -0.1) is 0 Å². The molecule has 7 heteroatoms. The maximum absolute atomic E-state index is 12.3. The van der Waals surface area contributed by atoms with E-state index in [1.165, 1.54) is 12.0 Å². The van der Waals surface area contributed by atoms with Crippen molar-refractivity contribution in [2.24, 2.45) is 5.73 Å². The molecule has 1 aliphatic heterocycles. The number of aromatic hydroxyl groups is 3. The van der Waals surface area contributed by atoms with Gasteiger partial charge in [-0.05, 0) is 101 Å². The molecule has 0 saturated carbocycles. The lowest BCUT2D eigenvalue weighted by Gasteiger charge is -2.24. The predicted molar refractivity (Wildman–Crippen MR) is 187 cm³/mol. The fourth-order valence-corrected chi connectivity index (χ4v) is 6.20. The summed E-state index contributed by atoms with van der Waals surface area (Å²) in [5.74, 6) is 0.878. The number of allylic oxidation sites excluding steroid dienone is 2. The molecular formula is C40H46N2O5. The van der Waals surface area contributed by atoms with E-state index in [9.17, 15) is 20.1 Å². The van der Waals surface area contributed by atoms with E-state index in [0.717, 1.165) is 71.2 Å². The van der Waals surface area contributed by atoms with Crippen LogP contribution in [0.15, 0.2) is 84.9 Å². The summed E-state index contributed by atoms with van der Waals surface area (Å²) in [7, 11) is 0. The van der Waals surface area contributed by atoms with E-state index >= 15 is 0 Å². The average Bonchev–Trinajstić information content (AvgIpc) is 3.07. The molecule has 7 nitrogen and oxygen atoms in total. The van der Waals surface area contributed by atoms with Crippen LogP contribution in [0.3, 0.4) is 0 Å². The number of phenolic OH excluding ortho intramolecular Hbond substituents is 3. The number of carbonyl (C=O) groups is 1. The van der Waals surface area contributed by atoms with Gasteiger partial charge in [0.15, 0.2) is 17.3 Å². The number of unbranched alkanes of at least 4 members (excludes halogenated alkanes) is 3. The molecule has 0 aromatic heterocycles. The van der Waals surface area contributed by atoms with Crippen molar-refractivity contribution < 1.29 is 24.9 Å². The van der Waals surface area contributed by atoms with Gasteiger partial charge >= 0.3 is 0 Å². The quantitative estimate of drug-likeness (QED) is 0.0681. The molecule has 0 fully saturated rings. The van der Waals surface area contributed by atoms with E-state index < -0.39 is 0 Å². The molecule has 4 aromatic rings. The van der Waals surface area contributed by atoms with Crippen molar-refractivity contribution >= 4 is 5.78 Å². The Morgan fingerprint density at radius 3 is 2.53 bits per heavy atom. The summed E-state index contributed by atoms with van der Waals surface area (Å²) in [6, 6.07) is 22.2. The van der Waals surface area contributed by atoms with Crippen LogP contribution in [0, 0.1) is 0 Å². The van der Waals surface area contributed by atoms with Crippen molar-refractivity contribution in [1.29, 1.82) is 0 Å². The number of hydrogen-bond acceptors (Lipinski definition) is 7. The zero-order valence-electron chi connectivity index (χ0n) is 27.2. The molecule has 0 spiro atoms. The Kier molecular flexibility index (Phi) is 11.7. The number of phenols is 3. The smallest absolute Gasteiger partial charge is 0.161 e. The first-order valence-corrected chi connectivity index (χ1v) is 16.7. The molecule has 0 aliphatic carbocycles. The Bertz CT molecular complexity index is 1700. The number of fused-ring (bicyclic) bond motifs is 1. The topological polar surface area (TPSA) is 125 Å². The fraction of sp³-hybridized carbons (Fsp3) is 0.325. The maximum Gasteiger partial charge on any atom is 0.161 e. The van der Waals surface area contributed by atoms with Crippen molar-refractivity contribution in [3.63, 3.8) is 0 Å². The summed E-state index contributed by atoms with van der Waals surface area (Å²) < 4.78 is 6.09. The van der Waals surface area contributed by atoms with Crippen molar-refractivity contribution in [3.05, 3.63) is 118 Å². The summed E-state index contributed by atoms with van der Waals surface area (Å²) in [6.07, 6.45) is 10.7. The van der Waals surface area contributed by atoms with Crippen LogP contribution in [0.4, 0.5) is 0 Å². The highest BCUT2D eigenvalue weighted by atomic mass is 16.5. The second-order valence-corrected chi connectivity index (χ2v) is 12.3. The van der Waals surface area contributed by atoms with Gasteiger partial charge in [0.25, 0.3) is 0 Å². The number of rotatable bonds is 15. The van der Waals surface area contributed by atoms with Crippen LogP contribution in [0.25, 0.3) is 11.1 Å². The molecule has 0 bridgehead atoms. The molecule has 1 heterocycles. The minimum absolute atomic E-state index is 0.0448. The van der Waals surface area contributed by atoms with Crippen LogP contribution < -0.4 is 15.8 Å². The number of aryl methyl sites for hydroxylation is 1. The van der Waals surface area contributed by atoms with E-state index in [4.69, 9.17) is 10.5 Å². The minimum atomic E-state index is -0.179. The van der Waals surface area contributed by atoms with Crippen LogP contribution in [-0.4, -0.2) is 34.3 Å². The molecule has 4 aromatic carbocycles. The van der Waals surface area contributed by atoms with Crippen LogP contribution in [-0.2, 0) is 30.5 Å². The third kappa shape index (κ3) is 9.03. The Balaban J connectivity index is 1.31. The second-order valence-electron chi connectivity index (χ2n) is 12.3. The number of ether oxygens (including phenoxy) is 1. The first-order valence-electron chi connectivity index (χ1n) is 16.7. The summed E-state index contributed by atoms with van der Waals surface area (Å²) in [5.41, 5.74) is 14.1. The zero-order valence-corrected chi connectivity index (χ0v) is 27.2. The fourth-order valence-electron chi connectivity index (χ4n) is 6.20. The van der Waals surface area contributed by atoms with Gasteiger partial charge in [-0.2, -0.15) is 0 Å². The lowest BCUT2D eigenvalue weighted by atomic mass is 9.87. The first kappa shape index (κ1) is 33.8. The van der Waals surface area contributed by atoms with Crippen molar-refractivity contribution in [2.75, 3.05) is 13.2 Å². The van der Waals surface area contributed by atoms with Gasteiger partial charge in [0.2, 0.25) is 0 Å². The molecule has 0 saturated heterocycles. The lowest BCUT2D eigenvalue weighted by molar-refractivity contribution is -0.114. The van der Waals surface area contributed by atoms with Crippen molar-refractivity contribution in [1.82, 2.24) is 5.32 Å². The Morgan fingerprint density at radius 1 is 0.936 bits per heavy atom. The Labute approximate surface area is 277 Å². The molecule has 6 N–H and O–H groups in total. The number of carbonyl (C=O) groups excluding carboxylic acids is 1. The largest absolute Gasteiger partial charge is 0.508 e. The summed E-state index contributed by atoms with van der Waals surface area (Å²) in [5, 5.41) is 35.0. The monoisotopic (exact) mass is 634 g/mol. The van der Waals surface area contributed by atoms with Gasteiger partial charge in [-0.25, -0.2) is 0 Å². The number of benzene rings is 4. The highest BCUT2D eigenvalue weighted by molar-refractivity contribution is 5.89. The third-order valence-electron chi connectivity index (χ3n) is 8.80. The zero-order chi connectivity index (χ0) is 33.2. The lowest BCUT2D eigenvalue weighted by Crippen LogP contribution is -2.35. The summed E-state index contributed by atoms with van der Waals surface area (Å²) >= 11 is 0. The van der Waals surface area contributed by atoms with Gasteiger partial charge in [0.05, 0.1) is 12.8 Å². The standard InChI is InChI=1S/C40H46N2O5/c1-2-3-4-5-6-7-32(43)14-8-27-10-18-37(46)38(26-27)47-23-21-30-13-19-36(45)35(39(30)29-11-15-33(44)16-12-29)25-28-9-17-34-31(24-28)20-22-42-40(34)41/h6-7,9-13,15-19,24,26,40,42,44-46H,2-5,8,14,20-23,25,41H2,1H3/t40-/m1/s1. The maximum atomic E-state index is 12.3. The number of ketones is 1. The summed E-state index contributed by atoms with van der Waals surface area (Å²) in [6.45, 7) is 3.27. The normalized spacial score (nSPS) is 14.3. The molecular weight excluding hydrogens is 588 g/mol. The van der Waals surface area contributed by atoms with Gasteiger partial charge in [-0.3, -0.25) is 10.1 Å². The van der Waals surface area contributed by atoms with Crippen LogP contribution in [0.2, 0.25) is 0 Å². The average molecular weight is 635 g/mol. The van der Waals surface area contributed by atoms with Gasteiger partial charge in [0, 0.05) is 31.4 Å². The molecule has 5 rings (SSSR count). The summed E-state index contributed by atoms with van der Waals surface area (Å²) in [4.78, 5) is 12.3. The Morgan fingerprint density at radius 2 is 1.72 bits per heavy atom. The van der Waals surface area contributed by atoms with Crippen LogP contribution >= 0.6 is 0 Å². The molecule has 1 atom stereocenters. The van der Waals surface area contributed by atoms with E-state index in [1.54, 1.807) is 36.4 Å². The van der Waals surface area contributed by atoms with Crippen molar-refractivity contribution in [2.45, 2.75) is 70.9 Å². The SMILES string of the molecule is CCCCCC=CC(=O)CCc1ccc(O)c(OCCc2ccc(O)c(Cc3ccc4c(c3)CCN[C@H]4N)c2-c2ccc(O)cc2)c1. The molecule has 0 radical (unpaired) electrons. The number of nitrogens with one attached hydrogen (secondary N) is 1.